The molecule has 0 radical (unpaired) electrons. The molecule has 0 bridgehead atoms. The van der Waals surface area contributed by atoms with Crippen molar-refractivity contribution in [3.63, 3.8) is 0 Å². The summed E-state index contributed by atoms with van der Waals surface area (Å²) in [6.07, 6.45) is 5.33. The lowest BCUT2D eigenvalue weighted by molar-refractivity contribution is 0.0786. The fourth-order valence-corrected chi connectivity index (χ4v) is 4.98. The highest BCUT2D eigenvalue weighted by molar-refractivity contribution is 9.10. The Bertz CT molecular complexity index is 1030. The van der Waals surface area contributed by atoms with Gasteiger partial charge in [0.1, 0.15) is 12.4 Å². The molecule has 29 heavy (non-hydrogen) atoms. The van der Waals surface area contributed by atoms with E-state index in [0.717, 1.165) is 39.3 Å². The van der Waals surface area contributed by atoms with Gasteiger partial charge < -0.3 is 9.64 Å². The van der Waals surface area contributed by atoms with Gasteiger partial charge in [0, 0.05) is 19.2 Å². The normalized spacial score (nSPS) is 12.8. The van der Waals surface area contributed by atoms with E-state index in [2.05, 4.69) is 33.2 Å². The number of rotatable bonds is 7. The molecule has 0 N–H and O–H groups in total. The highest BCUT2D eigenvalue weighted by atomic mass is 79.9. The van der Waals surface area contributed by atoms with Crippen molar-refractivity contribution < 1.29 is 9.53 Å². The van der Waals surface area contributed by atoms with E-state index in [1.165, 1.54) is 35.3 Å². The van der Waals surface area contributed by atoms with Gasteiger partial charge in [-0.2, -0.15) is 5.10 Å². The first-order chi connectivity index (χ1) is 14.0. The molecule has 2 heterocycles. The molecule has 0 aliphatic heterocycles. The summed E-state index contributed by atoms with van der Waals surface area (Å²) in [6, 6.07) is 8.31. The summed E-state index contributed by atoms with van der Waals surface area (Å²) in [7, 11) is 1.82. The van der Waals surface area contributed by atoms with Gasteiger partial charge in [0.15, 0.2) is 0 Å². The van der Waals surface area contributed by atoms with Crippen molar-refractivity contribution in [2.45, 2.75) is 45.9 Å². The number of ether oxygens (including phenoxy) is 1. The summed E-state index contributed by atoms with van der Waals surface area (Å²) in [6.45, 7) is 3.79. The summed E-state index contributed by atoms with van der Waals surface area (Å²) >= 11 is 4.98. The van der Waals surface area contributed by atoms with Crippen LogP contribution in [0.4, 0.5) is 0 Å². The van der Waals surface area contributed by atoms with Crippen LogP contribution in [0.25, 0.3) is 0 Å². The van der Waals surface area contributed by atoms with Crippen LogP contribution in [0.3, 0.4) is 0 Å². The molecule has 7 heteroatoms. The van der Waals surface area contributed by atoms with Crippen LogP contribution in [-0.2, 0) is 32.5 Å². The van der Waals surface area contributed by atoms with E-state index in [0.29, 0.717) is 13.2 Å². The summed E-state index contributed by atoms with van der Waals surface area (Å²) < 4.78 is 8.79. The van der Waals surface area contributed by atoms with Crippen molar-refractivity contribution in [2.75, 3.05) is 7.05 Å². The Kier molecular flexibility index (Phi) is 6.06. The predicted octanol–water partition coefficient (Wildman–Crippen LogP) is 5.07. The fourth-order valence-electron chi connectivity index (χ4n) is 3.67. The zero-order valence-corrected chi connectivity index (χ0v) is 19.1. The monoisotopic (exact) mass is 473 g/mol. The standard InChI is InChI=1S/C22H24BrN3O2S/c1-3-26-20(19(23)11-24-26)12-25(2)22(27)21-9-15(14-29-21)13-28-18-8-7-16-5-4-6-17(16)10-18/h7-11,14H,3-6,12-13H2,1-2H3. The molecule has 1 aliphatic rings. The quantitative estimate of drug-likeness (QED) is 0.481. The predicted molar refractivity (Wildman–Crippen MR) is 119 cm³/mol. The summed E-state index contributed by atoms with van der Waals surface area (Å²) in [5.74, 6) is 0.911. The lowest BCUT2D eigenvalue weighted by Gasteiger charge is -2.17. The van der Waals surface area contributed by atoms with Gasteiger partial charge in [-0.15, -0.1) is 11.3 Å². The Morgan fingerprint density at radius 1 is 1.31 bits per heavy atom. The molecule has 152 valence electrons. The van der Waals surface area contributed by atoms with Crippen LogP contribution >= 0.6 is 27.3 Å². The number of carbonyl (C=O) groups is 1. The molecule has 1 aliphatic carbocycles. The number of amides is 1. The Morgan fingerprint density at radius 2 is 2.14 bits per heavy atom. The van der Waals surface area contributed by atoms with Gasteiger partial charge in [0.25, 0.3) is 5.91 Å². The van der Waals surface area contributed by atoms with Crippen LogP contribution in [0.15, 0.2) is 40.3 Å². The summed E-state index contributed by atoms with van der Waals surface area (Å²) in [5, 5.41) is 6.32. The van der Waals surface area contributed by atoms with Crippen LogP contribution in [-0.4, -0.2) is 27.6 Å². The minimum Gasteiger partial charge on any atom is -0.489 e. The largest absolute Gasteiger partial charge is 0.489 e. The van der Waals surface area contributed by atoms with Gasteiger partial charge in [-0.05, 0) is 76.8 Å². The Hall–Kier alpha value is -2.12. The molecule has 0 fully saturated rings. The van der Waals surface area contributed by atoms with Crippen molar-refractivity contribution in [1.29, 1.82) is 0 Å². The topological polar surface area (TPSA) is 47.4 Å². The second-order valence-corrected chi connectivity index (χ2v) is 9.07. The molecule has 0 saturated heterocycles. The van der Waals surface area contributed by atoms with Crippen LogP contribution in [0, 0.1) is 0 Å². The maximum atomic E-state index is 12.8. The number of halogens is 1. The lowest BCUT2D eigenvalue weighted by atomic mass is 10.1. The number of thiophene rings is 1. The van der Waals surface area contributed by atoms with Crippen LogP contribution in [0.5, 0.6) is 5.75 Å². The third-order valence-corrected chi connectivity index (χ3v) is 6.90. The average molecular weight is 474 g/mol. The van der Waals surface area contributed by atoms with Crippen molar-refractivity contribution in [3.05, 3.63) is 67.6 Å². The SMILES string of the molecule is CCn1ncc(Br)c1CN(C)C(=O)c1cc(COc2ccc3c(c2)CCC3)cs1. The summed E-state index contributed by atoms with van der Waals surface area (Å²) in [4.78, 5) is 15.3. The number of aromatic nitrogens is 2. The molecule has 2 aromatic heterocycles. The van der Waals surface area contributed by atoms with Gasteiger partial charge in [-0.3, -0.25) is 9.48 Å². The number of fused-ring (bicyclic) bond motifs is 1. The average Bonchev–Trinajstić information content (AvgIpc) is 3.46. The van der Waals surface area contributed by atoms with Gasteiger partial charge in [0.05, 0.1) is 27.8 Å². The summed E-state index contributed by atoms with van der Waals surface area (Å²) in [5.41, 5.74) is 4.87. The first-order valence-electron chi connectivity index (χ1n) is 9.82. The molecule has 4 rings (SSSR count). The highest BCUT2D eigenvalue weighted by Crippen LogP contribution is 2.27. The van der Waals surface area contributed by atoms with Gasteiger partial charge >= 0.3 is 0 Å². The smallest absolute Gasteiger partial charge is 0.264 e. The molecule has 5 nitrogen and oxygen atoms in total. The van der Waals surface area contributed by atoms with E-state index in [4.69, 9.17) is 4.74 Å². The minimum absolute atomic E-state index is 0.00883. The third kappa shape index (κ3) is 4.41. The van der Waals surface area contributed by atoms with Crippen molar-refractivity contribution in [2.24, 2.45) is 0 Å². The molecular weight excluding hydrogens is 450 g/mol. The molecule has 1 amide bonds. The molecular formula is C22H24BrN3O2S. The first-order valence-corrected chi connectivity index (χ1v) is 11.5. The second kappa shape index (κ2) is 8.71. The minimum atomic E-state index is 0.00883. The fraction of sp³-hybridized carbons (Fsp3) is 0.364. The van der Waals surface area contributed by atoms with E-state index >= 15 is 0 Å². The van der Waals surface area contributed by atoms with Gasteiger partial charge in [-0.1, -0.05) is 6.07 Å². The lowest BCUT2D eigenvalue weighted by Crippen LogP contribution is -2.27. The van der Waals surface area contributed by atoms with E-state index < -0.39 is 0 Å². The zero-order valence-electron chi connectivity index (χ0n) is 16.7. The van der Waals surface area contributed by atoms with E-state index in [-0.39, 0.29) is 5.91 Å². The maximum Gasteiger partial charge on any atom is 0.264 e. The van der Waals surface area contributed by atoms with Gasteiger partial charge in [-0.25, -0.2) is 0 Å². The van der Waals surface area contributed by atoms with E-state index in [1.807, 2.05) is 36.2 Å². The number of hydrogen-bond acceptors (Lipinski definition) is 4. The molecule has 1 aromatic carbocycles. The third-order valence-electron chi connectivity index (χ3n) is 5.27. The first kappa shape index (κ1) is 20.2. The van der Waals surface area contributed by atoms with Crippen LogP contribution in [0.2, 0.25) is 0 Å². The molecule has 0 atom stereocenters. The van der Waals surface area contributed by atoms with Gasteiger partial charge in [0.2, 0.25) is 0 Å². The number of benzene rings is 1. The number of hydrogen-bond donors (Lipinski definition) is 0. The molecule has 0 spiro atoms. The molecule has 0 unspecified atom stereocenters. The maximum absolute atomic E-state index is 12.8. The Morgan fingerprint density at radius 3 is 2.97 bits per heavy atom. The molecule has 0 saturated carbocycles. The van der Waals surface area contributed by atoms with Crippen molar-refractivity contribution in [3.8, 4) is 5.75 Å². The van der Waals surface area contributed by atoms with Crippen molar-refractivity contribution in [1.82, 2.24) is 14.7 Å². The van der Waals surface area contributed by atoms with E-state index in [1.54, 1.807) is 11.1 Å². The number of nitrogens with zero attached hydrogens (tertiary/aromatic N) is 3. The molecule has 3 aromatic rings. The number of carbonyl (C=O) groups excluding carboxylic acids is 1. The van der Waals surface area contributed by atoms with E-state index in [9.17, 15) is 4.79 Å². The van der Waals surface area contributed by atoms with Crippen molar-refractivity contribution >= 4 is 33.2 Å². The second-order valence-electron chi connectivity index (χ2n) is 7.31. The van der Waals surface area contributed by atoms with Crippen LogP contribution in [0.1, 0.15) is 45.4 Å². The highest BCUT2D eigenvalue weighted by Gasteiger charge is 2.18. The zero-order chi connectivity index (χ0) is 20.4. The van der Waals surface area contributed by atoms with Crippen LogP contribution < -0.4 is 4.74 Å². The number of aryl methyl sites for hydroxylation is 3. The Balaban J connectivity index is 1.37. The Labute approximate surface area is 183 Å².